The molecule has 6 heteroatoms. The molecule has 0 aliphatic carbocycles. The summed E-state index contributed by atoms with van der Waals surface area (Å²) < 4.78 is 21.3. The number of carbonyl (C=O) groups is 1. The first-order chi connectivity index (χ1) is 12.1. The molecule has 0 amide bonds. The minimum atomic E-state index is -0.150. The summed E-state index contributed by atoms with van der Waals surface area (Å²) in [5.74, 6) is 2.08. The van der Waals surface area contributed by atoms with Crippen molar-refractivity contribution in [2.24, 2.45) is 0 Å². The molecule has 25 heavy (non-hydrogen) atoms. The highest BCUT2D eigenvalue weighted by Gasteiger charge is 2.15. The molecule has 3 rings (SSSR count). The highest BCUT2D eigenvalue weighted by Crippen LogP contribution is 2.37. The van der Waals surface area contributed by atoms with Gasteiger partial charge in [-0.25, -0.2) is 0 Å². The topological polar surface area (TPSA) is 54.0 Å². The van der Waals surface area contributed by atoms with E-state index in [-0.39, 0.29) is 12.6 Å². The Kier molecular flexibility index (Phi) is 5.14. The van der Waals surface area contributed by atoms with E-state index in [9.17, 15) is 4.79 Å². The van der Waals surface area contributed by atoms with E-state index in [0.29, 0.717) is 40.2 Å². The molecule has 0 bridgehead atoms. The van der Waals surface area contributed by atoms with E-state index in [2.05, 4.69) is 0 Å². The number of rotatable bonds is 6. The Bertz CT molecular complexity index is 829. The minimum absolute atomic E-state index is 0.150. The maximum Gasteiger partial charge on any atom is 0.231 e. The van der Waals surface area contributed by atoms with Crippen LogP contribution in [0.1, 0.15) is 22.8 Å². The van der Waals surface area contributed by atoms with Gasteiger partial charge in [-0.1, -0.05) is 17.7 Å². The van der Waals surface area contributed by atoms with Crippen LogP contribution in [0.2, 0.25) is 5.02 Å². The van der Waals surface area contributed by atoms with Crippen LogP contribution in [0.5, 0.6) is 23.0 Å². The Labute approximate surface area is 150 Å². The number of ketones is 1. The van der Waals surface area contributed by atoms with Crippen LogP contribution in [0, 0.1) is 0 Å². The van der Waals surface area contributed by atoms with Crippen molar-refractivity contribution in [3.05, 3.63) is 52.6 Å². The first kappa shape index (κ1) is 17.2. The molecule has 1 heterocycles. The third-order valence-electron chi connectivity index (χ3n) is 3.62. The lowest BCUT2D eigenvalue weighted by Crippen LogP contribution is -1.97. The van der Waals surface area contributed by atoms with Gasteiger partial charge in [0.25, 0.3) is 0 Å². The van der Waals surface area contributed by atoms with Crippen molar-refractivity contribution in [2.45, 2.75) is 6.92 Å². The fraction of sp³-hybridized carbons (Fsp3) is 0.211. The van der Waals surface area contributed by atoms with E-state index in [0.717, 1.165) is 5.56 Å². The van der Waals surface area contributed by atoms with Gasteiger partial charge in [0.1, 0.15) is 0 Å². The van der Waals surface area contributed by atoms with E-state index in [1.54, 1.807) is 36.4 Å². The number of hydrogen-bond donors (Lipinski definition) is 0. The lowest BCUT2D eigenvalue weighted by Gasteiger charge is -2.11. The maximum absolute atomic E-state index is 12.4. The van der Waals surface area contributed by atoms with Gasteiger partial charge in [0.15, 0.2) is 28.8 Å². The highest BCUT2D eigenvalue weighted by molar-refractivity contribution is 6.32. The van der Waals surface area contributed by atoms with Gasteiger partial charge in [0.05, 0.1) is 18.7 Å². The van der Waals surface area contributed by atoms with Gasteiger partial charge in [0, 0.05) is 5.56 Å². The molecular weight excluding hydrogens is 344 g/mol. The molecule has 0 fully saturated rings. The monoisotopic (exact) mass is 360 g/mol. The SMILES string of the molecule is CCOc1cc(C=CC(=O)c2ccc3c(c2)OCO3)cc(Cl)c1OC. The van der Waals surface area contributed by atoms with Crippen LogP contribution < -0.4 is 18.9 Å². The number of ether oxygens (including phenoxy) is 4. The van der Waals surface area contributed by atoms with Crippen LogP contribution in [-0.4, -0.2) is 26.3 Å². The second kappa shape index (κ2) is 7.49. The Hall–Kier alpha value is -2.66. The number of hydrogen-bond acceptors (Lipinski definition) is 5. The zero-order chi connectivity index (χ0) is 17.8. The average Bonchev–Trinajstić information content (AvgIpc) is 3.07. The molecule has 0 spiro atoms. The quantitative estimate of drug-likeness (QED) is 0.565. The van der Waals surface area contributed by atoms with Crippen LogP contribution in [0.15, 0.2) is 36.4 Å². The summed E-state index contributed by atoms with van der Waals surface area (Å²) >= 11 is 6.21. The van der Waals surface area contributed by atoms with Crippen LogP contribution in [0.4, 0.5) is 0 Å². The number of benzene rings is 2. The van der Waals surface area contributed by atoms with Crippen molar-refractivity contribution in [2.75, 3.05) is 20.5 Å². The first-order valence-corrected chi connectivity index (χ1v) is 8.12. The lowest BCUT2D eigenvalue weighted by molar-refractivity contribution is 0.104. The fourth-order valence-corrected chi connectivity index (χ4v) is 2.76. The third kappa shape index (κ3) is 3.72. The molecule has 0 unspecified atom stereocenters. The van der Waals surface area contributed by atoms with Crippen molar-refractivity contribution in [3.63, 3.8) is 0 Å². The molecule has 1 aliphatic heterocycles. The predicted octanol–water partition coefficient (Wildman–Crippen LogP) is 4.37. The van der Waals surface area contributed by atoms with Crippen molar-refractivity contribution in [3.8, 4) is 23.0 Å². The predicted molar refractivity (Wildman–Crippen MR) is 95.1 cm³/mol. The van der Waals surface area contributed by atoms with Crippen LogP contribution >= 0.6 is 11.6 Å². The second-order valence-corrected chi connectivity index (χ2v) is 5.64. The molecule has 0 atom stereocenters. The molecule has 0 radical (unpaired) electrons. The van der Waals surface area contributed by atoms with Crippen LogP contribution in [0.25, 0.3) is 6.08 Å². The number of fused-ring (bicyclic) bond motifs is 1. The molecular formula is C19H17ClO5. The molecule has 130 valence electrons. The second-order valence-electron chi connectivity index (χ2n) is 5.23. The molecule has 0 saturated heterocycles. The van der Waals surface area contributed by atoms with Crippen molar-refractivity contribution < 1.29 is 23.7 Å². The first-order valence-electron chi connectivity index (χ1n) is 7.74. The molecule has 2 aromatic carbocycles. The summed E-state index contributed by atoms with van der Waals surface area (Å²) in [5, 5.41) is 0.420. The zero-order valence-corrected chi connectivity index (χ0v) is 14.6. The largest absolute Gasteiger partial charge is 0.491 e. The van der Waals surface area contributed by atoms with E-state index in [1.165, 1.54) is 13.2 Å². The Morgan fingerprint density at radius 3 is 2.80 bits per heavy atom. The van der Waals surface area contributed by atoms with Gasteiger partial charge in [-0.2, -0.15) is 0 Å². The zero-order valence-electron chi connectivity index (χ0n) is 13.9. The summed E-state index contributed by atoms with van der Waals surface area (Å²) in [6, 6.07) is 8.58. The van der Waals surface area contributed by atoms with Crippen LogP contribution in [-0.2, 0) is 0 Å². The van der Waals surface area contributed by atoms with Gasteiger partial charge in [-0.15, -0.1) is 0 Å². The summed E-state index contributed by atoms with van der Waals surface area (Å²) in [6.45, 7) is 2.53. The Balaban J connectivity index is 1.82. The van der Waals surface area contributed by atoms with Crippen molar-refractivity contribution >= 4 is 23.5 Å². The van der Waals surface area contributed by atoms with Gasteiger partial charge >= 0.3 is 0 Å². The van der Waals surface area contributed by atoms with E-state index >= 15 is 0 Å². The van der Waals surface area contributed by atoms with E-state index in [1.807, 2.05) is 6.92 Å². The summed E-state index contributed by atoms with van der Waals surface area (Å²) in [7, 11) is 1.53. The molecule has 2 aromatic rings. The number of halogens is 1. The van der Waals surface area contributed by atoms with Crippen LogP contribution in [0.3, 0.4) is 0 Å². The summed E-state index contributed by atoms with van der Waals surface area (Å²) in [5.41, 5.74) is 1.26. The molecule has 0 N–H and O–H groups in total. The average molecular weight is 361 g/mol. The molecule has 1 aliphatic rings. The molecule has 5 nitrogen and oxygen atoms in total. The van der Waals surface area contributed by atoms with Gasteiger partial charge in [-0.05, 0) is 48.9 Å². The molecule has 0 aromatic heterocycles. The molecule has 0 saturated carbocycles. The lowest BCUT2D eigenvalue weighted by atomic mass is 10.1. The van der Waals surface area contributed by atoms with Crippen molar-refractivity contribution in [1.82, 2.24) is 0 Å². The Morgan fingerprint density at radius 2 is 2.04 bits per heavy atom. The maximum atomic E-state index is 12.4. The summed E-state index contributed by atoms with van der Waals surface area (Å²) in [6.07, 6.45) is 3.16. The fourth-order valence-electron chi connectivity index (χ4n) is 2.46. The van der Waals surface area contributed by atoms with Crippen molar-refractivity contribution in [1.29, 1.82) is 0 Å². The van der Waals surface area contributed by atoms with Gasteiger partial charge < -0.3 is 18.9 Å². The minimum Gasteiger partial charge on any atom is -0.491 e. The number of carbonyl (C=O) groups excluding carboxylic acids is 1. The van der Waals surface area contributed by atoms with Gasteiger partial charge in [-0.3, -0.25) is 4.79 Å². The summed E-state index contributed by atoms with van der Waals surface area (Å²) in [4.78, 5) is 12.4. The normalized spacial score (nSPS) is 12.4. The third-order valence-corrected chi connectivity index (χ3v) is 3.90. The number of methoxy groups -OCH3 is 1. The van der Waals surface area contributed by atoms with E-state index < -0.39 is 0 Å². The smallest absolute Gasteiger partial charge is 0.231 e. The van der Waals surface area contributed by atoms with E-state index in [4.69, 9.17) is 30.5 Å². The van der Waals surface area contributed by atoms with Gasteiger partial charge in [0.2, 0.25) is 6.79 Å². The standard InChI is InChI=1S/C19H17ClO5/c1-3-23-18-9-12(8-14(20)19(18)22-2)4-6-15(21)13-5-7-16-17(10-13)25-11-24-16/h4-10H,3,11H2,1-2H3. The number of allylic oxidation sites excluding steroid dienone is 1. The highest BCUT2D eigenvalue weighted by atomic mass is 35.5. The Morgan fingerprint density at radius 1 is 1.24 bits per heavy atom.